The lowest BCUT2D eigenvalue weighted by Gasteiger charge is -2.11. The molecule has 0 unspecified atom stereocenters. The van der Waals surface area contributed by atoms with Gasteiger partial charge in [-0.05, 0) is 61.9 Å². The summed E-state index contributed by atoms with van der Waals surface area (Å²) in [6.07, 6.45) is 0. The Morgan fingerprint density at radius 2 is 1.79 bits per heavy atom. The highest BCUT2D eigenvalue weighted by atomic mass is 79.9. The molecule has 1 amide bonds. The fraction of sp³-hybridized carbons (Fsp3) is 0.130. The van der Waals surface area contributed by atoms with Gasteiger partial charge in [-0.2, -0.15) is 0 Å². The number of rotatable bonds is 6. The van der Waals surface area contributed by atoms with Gasteiger partial charge in [0.05, 0.1) is 22.5 Å². The molecule has 1 aromatic heterocycles. The first-order chi connectivity index (χ1) is 15.6. The van der Waals surface area contributed by atoms with Gasteiger partial charge < -0.3 is 4.57 Å². The van der Waals surface area contributed by atoms with Crippen LogP contribution in [0.2, 0.25) is 5.02 Å². The average Bonchev–Trinajstić information content (AvgIpc) is 3.08. The zero-order valence-corrected chi connectivity index (χ0v) is 20.9. The Kier molecular flexibility index (Phi) is 6.58. The van der Waals surface area contributed by atoms with Gasteiger partial charge in [0.1, 0.15) is 5.82 Å². The third-order valence-corrected chi connectivity index (χ3v) is 7.28. The molecule has 33 heavy (non-hydrogen) atoms. The van der Waals surface area contributed by atoms with E-state index in [1.54, 1.807) is 30.3 Å². The second-order valence-corrected chi connectivity index (χ2v) is 10.6. The van der Waals surface area contributed by atoms with Crippen LogP contribution in [0.25, 0.3) is 11.0 Å². The smallest absolute Gasteiger partial charge is 0.266 e. The lowest BCUT2D eigenvalue weighted by molar-refractivity contribution is 0.0945. The van der Waals surface area contributed by atoms with Crippen LogP contribution < -0.4 is 10.3 Å². The monoisotopic (exact) mass is 546 g/mol. The number of aromatic nitrogens is 2. The Balaban J connectivity index is 1.57. The molecule has 0 saturated carbocycles. The first kappa shape index (κ1) is 23.4. The van der Waals surface area contributed by atoms with Crippen molar-refractivity contribution in [2.45, 2.75) is 25.3 Å². The Morgan fingerprint density at radius 3 is 2.48 bits per heavy atom. The van der Waals surface area contributed by atoms with Gasteiger partial charge in [-0.25, -0.2) is 13.4 Å². The maximum absolute atomic E-state index is 12.7. The molecule has 4 aromatic rings. The summed E-state index contributed by atoms with van der Waals surface area (Å²) in [5.41, 5.74) is 5.86. The number of carbonyl (C=O) groups excluding carboxylic acids is 1. The van der Waals surface area contributed by atoms with Gasteiger partial charge in [0.2, 0.25) is 0 Å². The van der Waals surface area contributed by atoms with Crippen molar-refractivity contribution in [1.82, 2.24) is 19.8 Å². The lowest BCUT2D eigenvalue weighted by atomic mass is 10.1. The molecule has 0 fully saturated rings. The normalized spacial score (nSPS) is 11.6. The van der Waals surface area contributed by atoms with E-state index in [9.17, 15) is 13.2 Å². The maximum Gasteiger partial charge on any atom is 0.266 e. The molecule has 3 aromatic carbocycles. The van der Waals surface area contributed by atoms with Gasteiger partial charge in [0, 0.05) is 15.1 Å². The average molecular weight is 548 g/mol. The highest BCUT2D eigenvalue weighted by Gasteiger charge is 2.17. The third-order valence-electron chi connectivity index (χ3n) is 5.18. The molecule has 1 heterocycles. The van der Waals surface area contributed by atoms with Crippen molar-refractivity contribution in [2.75, 3.05) is 0 Å². The van der Waals surface area contributed by atoms with Crippen molar-refractivity contribution in [1.29, 1.82) is 0 Å². The standard InChI is InChI=1S/C23H20BrClN4O3S/c1-14-3-8-19(9-4-14)33(31,32)28-27-23(30)16-6-10-21-22(11-16)29(15(2)26-21)13-17-5-7-18(24)12-20(17)25/h3-12,28H,13H2,1-2H3,(H,27,30). The molecule has 0 atom stereocenters. The molecule has 170 valence electrons. The van der Waals surface area contributed by atoms with Crippen molar-refractivity contribution >= 4 is 54.5 Å². The number of aryl methyl sites for hydroxylation is 2. The number of amides is 1. The lowest BCUT2D eigenvalue weighted by Crippen LogP contribution is -2.41. The van der Waals surface area contributed by atoms with E-state index in [1.165, 1.54) is 12.1 Å². The number of hydrazine groups is 1. The first-order valence-electron chi connectivity index (χ1n) is 9.94. The Hall–Kier alpha value is -2.72. The van der Waals surface area contributed by atoms with E-state index >= 15 is 0 Å². The molecule has 10 heteroatoms. The summed E-state index contributed by atoms with van der Waals surface area (Å²) in [6, 6.07) is 17.0. The first-order valence-corrected chi connectivity index (χ1v) is 12.6. The number of imidazole rings is 1. The van der Waals surface area contributed by atoms with Crippen molar-refractivity contribution in [2.24, 2.45) is 0 Å². The minimum atomic E-state index is -3.89. The molecular weight excluding hydrogens is 528 g/mol. The number of hydrogen-bond acceptors (Lipinski definition) is 4. The zero-order valence-electron chi connectivity index (χ0n) is 17.8. The molecule has 0 bridgehead atoms. The van der Waals surface area contributed by atoms with Gasteiger partial charge in [-0.1, -0.05) is 51.3 Å². The van der Waals surface area contributed by atoms with Gasteiger partial charge in [-0.15, -0.1) is 4.83 Å². The predicted molar refractivity (Wildman–Crippen MR) is 132 cm³/mol. The molecule has 0 spiro atoms. The number of benzene rings is 3. The summed E-state index contributed by atoms with van der Waals surface area (Å²) in [4.78, 5) is 19.5. The van der Waals surface area contributed by atoms with Crippen LogP contribution in [0.4, 0.5) is 0 Å². The van der Waals surface area contributed by atoms with Gasteiger partial charge in [0.25, 0.3) is 15.9 Å². The fourth-order valence-electron chi connectivity index (χ4n) is 3.37. The number of carbonyl (C=O) groups is 1. The summed E-state index contributed by atoms with van der Waals surface area (Å²) in [5, 5.41) is 0.616. The van der Waals surface area contributed by atoms with Crippen LogP contribution in [0.5, 0.6) is 0 Å². The molecule has 0 radical (unpaired) electrons. The Morgan fingerprint density at radius 1 is 1.06 bits per heavy atom. The van der Waals surface area contributed by atoms with Crippen LogP contribution in [-0.2, 0) is 16.6 Å². The number of sulfonamides is 1. The second kappa shape index (κ2) is 9.26. The number of nitrogens with zero attached hydrogens (tertiary/aromatic N) is 2. The fourth-order valence-corrected chi connectivity index (χ4v) is 4.94. The summed E-state index contributed by atoms with van der Waals surface area (Å²) in [7, 11) is -3.89. The third kappa shape index (κ3) is 5.11. The molecule has 0 aliphatic rings. The van der Waals surface area contributed by atoms with E-state index in [2.05, 4.69) is 31.2 Å². The van der Waals surface area contributed by atoms with Crippen LogP contribution in [0.1, 0.15) is 27.3 Å². The predicted octanol–water partition coefficient (Wildman–Crippen LogP) is 4.74. The number of fused-ring (bicyclic) bond motifs is 1. The van der Waals surface area contributed by atoms with Crippen molar-refractivity contribution in [3.8, 4) is 0 Å². The van der Waals surface area contributed by atoms with Crippen LogP contribution in [-0.4, -0.2) is 23.9 Å². The molecule has 0 aliphatic carbocycles. The van der Waals surface area contributed by atoms with Crippen LogP contribution >= 0.6 is 27.5 Å². The van der Waals surface area contributed by atoms with Crippen molar-refractivity contribution in [3.05, 3.63) is 92.7 Å². The minimum Gasteiger partial charge on any atom is -0.324 e. The highest BCUT2D eigenvalue weighted by molar-refractivity contribution is 9.10. The van der Waals surface area contributed by atoms with E-state index in [0.29, 0.717) is 11.6 Å². The van der Waals surface area contributed by atoms with Crippen LogP contribution in [0.15, 0.2) is 70.0 Å². The number of nitrogens with one attached hydrogen (secondary N) is 2. The molecule has 2 N–H and O–H groups in total. The number of hydrogen-bond donors (Lipinski definition) is 2. The van der Waals surface area contributed by atoms with Crippen LogP contribution in [0, 0.1) is 13.8 Å². The van der Waals surface area contributed by atoms with E-state index in [4.69, 9.17) is 11.6 Å². The van der Waals surface area contributed by atoms with E-state index < -0.39 is 15.9 Å². The van der Waals surface area contributed by atoms with Gasteiger partial charge in [-0.3, -0.25) is 10.2 Å². The topological polar surface area (TPSA) is 93.1 Å². The highest BCUT2D eigenvalue weighted by Crippen LogP contribution is 2.25. The van der Waals surface area contributed by atoms with E-state index in [-0.39, 0.29) is 10.5 Å². The Bertz CT molecular complexity index is 1470. The molecule has 4 rings (SSSR count). The maximum atomic E-state index is 12.7. The molecule has 0 saturated heterocycles. The summed E-state index contributed by atoms with van der Waals surface area (Å²) in [6.45, 7) is 4.21. The zero-order chi connectivity index (χ0) is 23.8. The SMILES string of the molecule is Cc1ccc(S(=O)(=O)NNC(=O)c2ccc3nc(C)n(Cc4ccc(Br)cc4Cl)c3c2)cc1. The molecular formula is C23H20BrClN4O3S. The summed E-state index contributed by atoms with van der Waals surface area (Å²) < 4.78 is 27.7. The van der Waals surface area contributed by atoms with Gasteiger partial charge in [0.15, 0.2) is 0 Å². The summed E-state index contributed by atoms with van der Waals surface area (Å²) >= 11 is 9.79. The Labute approximate surface area is 204 Å². The van der Waals surface area contributed by atoms with Gasteiger partial charge >= 0.3 is 0 Å². The van der Waals surface area contributed by atoms with Crippen molar-refractivity contribution in [3.63, 3.8) is 0 Å². The van der Waals surface area contributed by atoms with Crippen LogP contribution in [0.3, 0.4) is 0 Å². The van der Waals surface area contributed by atoms with E-state index in [1.807, 2.05) is 36.6 Å². The number of halogens is 2. The summed E-state index contributed by atoms with van der Waals surface area (Å²) in [5.74, 6) is 0.182. The molecule has 7 nitrogen and oxygen atoms in total. The van der Waals surface area contributed by atoms with Crippen molar-refractivity contribution < 1.29 is 13.2 Å². The minimum absolute atomic E-state index is 0.0592. The largest absolute Gasteiger partial charge is 0.324 e. The van der Waals surface area contributed by atoms with E-state index in [0.717, 1.165) is 32.5 Å². The quantitative estimate of drug-likeness (QED) is 0.341. The molecule has 0 aliphatic heterocycles. The second-order valence-electron chi connectivity index (χ2n) is 7.56.